The number of carbonyl (C=O) groups excluding carboxylic acids is 1. The molecule has 1 aliphatic heterocycles. The number of nitrogens with zero attached hydrogens (tertiary/aromatic N) is 2. The Balaban J connectivity index is 2.48. The number of anilines is 1. The second kappa shape index (κ2) is 5.66. The van der Waals surface area contributed by atoms with Crippen LogP contribution in [0.3, 0.4) is 0 Å². The van der Waals surface area contributed by atoms with E-state index < -0.39 is 31.4 Å². The quantitative estimate of drug-likeness (QED) is 0.446. The number of rotatable bonds is 3. The van der Waals surface area contributed by atoms with E-state index in [9.17, 15) is 23.3 Å². The topological polar surface area (TPSA) is 136 Å². The maximum atomic E-state index is 12.5. The first-order valence-corrected chi connectivity index (χ1v) is 7.57. The molecule has 0 aromatic heterocycles. The van der Waals surface area contributed by atoms with Crippen molar-refractivity contribution in [3.63, 3.8) is 0 Å². The number of nitrogens with one attached hydrogen (secondary N) is 1. The van der Waals surface area contributed by atoms with Crippen molar-refractivity contribution in [3.8, 4) is 0 Å². The number of nitrogens with two attached hydrogens (primary N) is 1. The molecule has 3 N–H and O–H groups in total. The predicted octanol–water partition coefficient (Wildman–Crippen LogP) is -0.312. The molecule has 1 aromatic carbocycles. The first-order chi connectivity index (χ1) is 9.82. The molecule has 9 nitrogen and oxygen atoms in total. The SMILES string of the molecule is Nc1ccc(S(=O)(=O)N2CCCNC(=O)C2)c([N+](=O)[O-])c1. The summed E-state index contributed by atoms with van der Waals surface area (Å²) in [5, 5.41) is 13.6. The molecule has 1 fully saturated rings. The highest BCUT2D eigenvalue weighted by Crippen LogP contribution is 2.28. The first kappa shape index (κ1) is 15.2. The van der Waals surface area contributed by atoms with Crippen molar-refractivity contribution in [1.82, 2.24) is 9.62 Å². The van der Waals surface area contributed by atoms with E-state index in [-0.39, 0.29) is 18.8 Å². The van der Waals surface area contributed by atoms with Gasteiger partial charge in [0.2, 0.25) is 15.9 Å². The monoisotopic (exact) mass is 314 g/mol. The van der Waals surface area contributed by atoms with E-state index in [2.05, 4.69) is 5.32 Å². The predicted molar refractivity (Wildman–Crippen MR) is 73.9 cm³/mol. The third kappa shape index (κ3) is 3.11. The molecule has 2 rings (SSSR count). The van der Waals surface area contributed by atoms with Gasteiger partial charge in [-0.15, -0.1) is 0 Å². The molecule has 0 spiro atoms. The van der Waals surface area contributed by atoms with Crippen LogP contribution >= 0.6 is 0 Å². The molecule has 1 saturated heterocycles. The Morgan fingerprint density at radius 2 is 2.10 bits per heavy atom. The van der Waals surface area contributed by atoms with Crippen LogP contribution in [0.2, 0.25) is 0 Å². The van der Waals surface area contributed by atoms with E-state index in [1.807, 2.05) is 0 Å². The van der Waals surface area contributed by atoms with Crippen molar-refractivity contribution in [1.29, 1.82) is 0 Å². The average Bonchev–Trinajstić information content (AvgIpc) is 2.63. The van der Waals surface area contributed by atoms with Crippen LogP contribution < -0.4 is 11.1 Å². The van der Waals surface area contributed by atoms with E-state index in [1.54, 1.807) is 0 Å². The summed E-state index contributed by atoms with van der Waals surface area (Å²) in [5.74, 6) is -0.436. The van der Waals surface area contributed by atoms with Crippen LogP contribution in [-0.2, 0) is 14.8 Å². The van der Waals surface area contributed by atoms with Gasteiger partial charge in [0.15, 0.2) is 4.90 Å². The third-order valence-electron chi connectivity index (χ3n) is 3.02. The smallest absolute Gasteiger partial charge is 0.291 e. The molecule has 1 aromatic rings. The summed E-state index contributed by atoms with van der Waals surface area (Å²) in [7, 11) is -4.14. The Morgan fingerprint density at radius 3 is 2.76 bits per heavy atom. The van der Waals surface area contributed by atoms with Crippen LogP contribution in [0.1, 0.15) is 6.42 Å². The van der Waals surface area contributed by atoms with Gasteiger partial charge in [-0.1, -0.05) is 0 Å². The lowest BCUT2D eigenvalue weighted by atomic mass is 10.3. The molecular formula is C11H14N4O5S. The number of amides is 1. The summed E-state index contributed by atoms with van der Waals surface area (Å²) in [6.07, 6.45) is 0.438. The van der Waals surface area contributed by atoms with Gasteiger partial charge in [-0.25, -0.2) is 8.42 Å². The minimum Gasteiger partial charge on any atom is -0.399 e. The molecule has 0 aliphatic carbocycles. The Morgan fingerprint density at radius 1 is 1.38 bits per heavy atom. The Bertz CT molecular complexity index is 688. The molecule has 0 atom stereocenters. The third-order valence-corrected chi connectivity index (χ3v) is 4.92. The van der Waals surface area contributed by atoms with Gasteiger partial charge in [0, 0.05) is 24.8 Å². The van der Waals surface area contributed by atoms with Gasteiger partial charge in [-0.2, -0.15) is 4.31 Å². The van der Waals surface area contributed by atoms with E-state index in [0.717, 1.165) is 16.4 Å². The molecule has 0 radical (unpaired) electrons. The number of sulfonamides is 1. The van der Waals surface area contributed by atoms with E-state index in [1.165, 1.54) is 6.07 Å². The number of nitrogen functional groups attached to an aromatic ring is 1. The van der Waals surface area contributed by atoms with Crippen molar-refractivity contribution < 1.29 is 18.1 Å². The number of carbonyl (C=O) groups is 1. The Hall–Kier alpha value is -2.20. The highest BCUT2D eigenvalue weighted by molar-refractivity contribution is 7.89. The van der Waals surface area contributed by atoms with E-state index in [0.29, 0.717) is 13.0 Å². The fourth-order valence-corrected chi connectivity index (χ4v) is 3.59. The number of nitro benzene ring substituents is 1. The molecule has 0 unspecified atom stereocenters. The molecular weight excluding hydrogens is 300 g/mol. The Kier molecular flexibility index (Phi) is 4.09. The zero-order chi connectivity index (χ0) is 15.6. The molecule has 1 amide bonds. The van der Waals surface area contributed by atoms with Crippen LogP contribution in [-0.4, -0.2) is 43.2 Å². The average molecular weight is 314 g/mol. The Labute approximate surface area is 120 Å². The lowest BCUT2D eigenvalue weighted by Gasteiger charge is -2.18. The fraction of sp³-hybridized carbons (Fsp3) is 0.364. The van der Waals surface area contributed by atoms with E-state index in [4.69, 9.17) is 5.73 Å². The fourth-order valence-electron chi connectivity index (χ4n) is 2.02. The van der Waals surface area contributed by atoms with E-state index >= 15 is 0 Å². The zero-order valence-electron chi connectivity index (χ0n) is 11.0. The van der Waals surface area contributed by atoms with Gasteiger partial charge in [0.25, 0.3) is 5.69 Å². The van der Waals surface area contributed by atoms with Crippen LogP contribution in [0, 0.1) is 10.1 Å². The standard InChI is InChI=1S/C11H14N4O5S/c12-8-2-3-10(9(6-8)15(17)18)21(19,20)14-5-1-4-13-11(16)7-14/h2-3,6H,1,4-5,7,12H2,(H,13,16). The summed E-state index contributed by atoms with van der Waals surface area (Å²) in [5.41, 5.74) is 4.95. The molecule has 10 heteroatoms. The molecule has 0 saturated carbocycles. The van der Waals surface area contributed by atoms with Crippen LogP contribution in [0.15, 0.2) is 23.1 Å². The van der Waals surface area contributed by atoms with Gasteiger partial charge in [0.05, 0.1) is 11.5 Å². The zero-order valence-corrected chi connectivity index (χ0v) is 11.8. The summed E-state index contributed by atoms with van der Waals surface area (Å²) in [6.45, 7) is 0.126. The highest BCUT2D eigenvalue weighted by Gasteiger charge is 2.33. The maximum absolute atomic E-state index is 12.5. The van der Waals surface area contributed by atoms with Crippen molar-refractivity contribution in [3.05, 3.63) is 28.3 Å². The van der Waals surface area contributed by atoms with Crippen molar-refractivity contribution in [2.45, 2.75) is 11.3 Å². The second-order valence-electron chi connectivity index (χ2n) is 4.53. The maximum Gasteiger partial charge on any atom is 0.291 e. The molecule has 21 heavy (non-hydrogen) atoms. The lowest BCUT2D eigenvalue weighted by Crippen LogP contribution is -2.37. The normalized spacial score (nSPS) is 17.0. The summed E-state index contributed by atoms with van der Waals surface area (Å²) in [4.78, 5) is 21.2. The molecule has 114 valence electrons. The second-order valence-corrected chi connectivity index (χ2v) is 6.43. The van der Waals surface area contributed by atoms with Crippen LogP contribution in [0.4, 0.5) is 11.4 Å². The molecule has 0 bridgehead atoms. The number of hydrogen-bond donors (Lipinski definition) is 2. The van der Waals surface area contributed by atoms with Gasteiger partial charge in [-0.3, -0.25) is 14.9 Å². The highest BCUT2D eigenvalue weighted by atomic mass is 32.2. The minimum absolute atomic E-state index is 0.0919. The minimum atomic E-state index is -4.14. The number of benzene rings is 1. The van der Waals surface area contributed by atoms with Gasteiger partial charge < -0.3 is 11.1 Å². The lowest BCUT2D eigenvalue weighted by molar-refractivity contribution is -0.387. The largest absolute Gasteiger partial charge is 0.399 e. The van der Waals surface area contributed by atoms with Crippen LogP contribution in [0.5, 0.6) is 0 Å². The summed E-state index contributed by atoms with van der Waals surface area (Å²) < 4.78 is 26.0. The molecule has 1 aliphatic rings. The van der Waals surface area contributed by atoms with Crippen LogP contribution in [0.25, 0.3) is 0 Å². The summed E-state index contributed by atoms with van der Waals surface area (Å²) in [6, 6.07) is 3.36. The van der Waals surface area contributed by atoms with Crippen molar-refractivity contribution in [2.75, 3.05) is 25.4 Å². The van der Waals surface area contributed by atoms with Gasteiger partial charge in [0.1, 0.15) is 0 Å². The van der Waals surface area contributed by atoms with Gasteiger partial charge >= 0.3 is 0 Å². The van der Waals surface area contributed by atoms with Gasteiger partial charge in [-0.05, 0) is 18.6 Å². The number of nitro groups is 1. The van der Waals surface area contributed by atoms with Crippen molar-refractivity contribution in [2.24, 2.45) is 0 Å². The van der Waals surface area contributed by atoms with Crippen molar-refractivity contribution >= 4 is 27.3 Å². The number of hydrogen-bond acceptors (Lipinski definition) is 6. The summed E-state index contributed by atoms with van der Waals surface area (Å²) >= 11 is 0. The molecule has 1 heterocycles. The first-order valence-electron chi connectivity index (χ1n) is 6.13.